The largest absolute Gasteiger partial charge is 0.466 e. The number of rotatable bonds is 9. The van der Waals surface area contributed by atoms with Crippen LogP contribution in [0.3, 0.4) is 0 Å². The van der Waals surface area contributed by atoms with Crippen molar-refractivity contribution in [2.75, 3.05) is 19.8 Å². The Morgan fingerprint density at radius 3 is 2.64 bits per heavy atom. The number of hydrogen-bond acceptors (Lipinski definition) is 6. The minimum Gasteiger partial charge on any atom is -0.466 e. The molecule has 1 aliphatic carbocycles. The zero-order valence-electron chi connectivity index (χ0n) is 19.9. The maximum absolute atomic E-state index is 14.3. The molecule has 8 nitrogen and oxygen atoms in total. The lowest BCUT2D eigenvalue weighted by atomic mass is 9.70. The molecule has 2 bridgehead atoms. The minimum absolute atomic E-state index is 0.102. The van der Waals surface area contributed by atoms with Gasteiger partial charge in [0, 0.05) is 12.6 Å². The molecule has 0 aromatic rings. The minimum atomic E-state index is -1.05. The summed E-state index contributed by atoms with van der Waals surface area (Å²) in [6.07, 6.45) is 8.18. The van der Waals surface area contributed by atoms with E-state index in [-0.39, 0.29) is 31.1 Å². The molecule has 0 radical (unpaired) electrons. The van der Waals surface area contributed by atoms with Crippen molar-refractivity contribution in [2.24, 2.45) is 11.8 Å². The van der Waals surface area contributed by atoms with Crippen molar-refractivity contribution in [3.8, 4) is 0 Å². The number of esters is 1. The molecule has 184 valence electrons. The zero-order valence-corrected chi connectivity index (χ0v) is 19.9. The third-order valence-electron chi connectivity index (χ3n) is 8.23. The first-order chi connectivity index (χ1) is 15.9. The Hall–Kier alpha value is -1.93. The Kier molecular flexibility index (Phi) is 7.15. The standard InChI is InChI=1S/C25H38N2O6/c1-4-14-26(17-10-8-7-9-11-17)23(30)21-25-13-12-18(33-25)19(24(31)32-6-3)20(25)22(29)27(21)16(5-2)15-28/h4,16-21,28H,1,5-15H2,2-3H3/t16-,18+,19-,20-,21+,25-/m0/s1. The average molecular weight is 463 g/mol. The molecular formula is C25H38N2O6. The third-order valence-corrected chi connectivity index (χ3v) is 8.23. The molecule has 4 fully saturated rings. The maximum atomic E-state index is 14.3. The van der Waals surface area contributed by atoms with Crippen molar-refractivity contribution in [1.29, 1.82) is 0 Å². The number of hydrogen-bond donors (Lipinski definition) is 1. The molecule has 0 unspecified atom stereocenters. The van der Waals surface area contributed by atoms with Gasteiger partial charge in [-0.1, -0.05) is 32.3 Å². The maximum Gasteiger partial charge on any atom is 0.312 e. The molecule has 0 aromatic carbocycles. The van der Waals surface area contributed by atoms with Crippen molar-refractivity contribution >= 4 is 17.8 Å². The van der Waals surface area contributed by atoms with Crippen LogP contribution in [0.25, 0.3) is 0 Å². The van der Waals surface area contributed by atoms with E-state index in [1.807, 2.05) is 11.8 Å². The van der Waals surface area contributed by atoms with Gasteiger partial charge in [-0.05, 0) is 39.0 Å². The van der Waals surface area contributed by atoms with Gasteiger partial charge < -0.3 is 24.4 Å². The average Bonchev–Trinajstić information content (AvgIpc) is 3.46. The first kappa shape index (κ1) is 24.2. The monoisotopic (exact) mass is 462 g/mol. The van der Waals surface area contributed by atoms with Gasteiger partial charge in [0.15, 0.2) is 0 Å². The van der Waals surface area contributed by atoms with Gasteiger partial charge in [-0.15, -0.1) is 6.58 Å². The second-order valence-electron chi connectivity index (χ2n) is 9.87. The van der Waals surface area contributed by atoms with Crippen LogP contribution in [0.5, 0.6) is 0 Å². The van der Waals surface area contributed by atoms with Crippen LogP contribution in [0.15, 0.2) is 12.7 Å². The molecule has 0 aromatic heterocycles. The topological polar surface area (TPSA) is 96.4 Å². The number of likely N-dealkylation sites (tertiary alicyclic amines) is 1. The van der Waals surface area contributed by atoms with E-state index in [4.69, 9.17) is 9.47 Å². The molecule has 33 heavy (non-hydrogen) atoms. The molecule has 3 heterocycles. The summed E-state index contributed by atoms with van der Waals surface area (Å²) in [7, 11) is 0. The number of aliphatic hydroxyl groups is 1. The Balaban J connectivity index is 1.75. The Morgan fingerprint density at radius 2 is 2.03 bits per heavy atom. The highest BCUT2D eigenvalue weighted by molar-refractivity contribution is 5.98. The summed E-state index contributed by atoms with van der Waals surface area (Å²) in [5.41, 5.74) is -1.05. The van der Waals surface area contributed by atoms with Crippen LogP contribution in [-0.2, 0) is 23.9 Å². The second-order valence-corrected chi connectivity index (χ2v) is 9.87. The van der Waals surface area contributed by atoms with Crippen LogP contribution in [-0.4, -0.2) is 82.3 Å². The van der Waals surface area contributed by atoms with E-state index in [0.717, 1.165) is 25.7 Å². The summed E-state index contributed by atoms with van der Waals surface area (Å²) in [6, 6.07) is -1.25. The molecule has 1 N–H and O–H groups in total. The van der Waals surface area contributed by atoms with Crippen molar-refractivity contribution in [3.05, 3.63) is 12.7 Å². The van der Waals surface area contributed by atoms with E-state index in [1.54, 1.807) is 17.9 Å². The molecule has 2 amide bonds. The van der Waals surface area contributed by atoms with E-state index in [9.17, 15) is 19.5 Å². The Bertz CT molecular complexity index is 777. The Labute approximate surface area is 196 Å². The van der Waals surface area contributed by atoms with Crippen LogP contribution >= 0.6 is 0 Å². The van der Waals surface area contributed by atoms with Gasteiger partial charge >= 0.3 is 5.97 Å². The van der Waals surface area contributed by atoms with E-state index in [2.05, 4.69) is 6.58 Å². The molecule has 4 aliphatic rings. The molecule has 4 rings (SSSR count). The lowest BCUT2D eigenvalue weighted by Gasteiger charge is -2.42. The molecule has 6 atom stereocenters. The molecule has 1 saturated carbocycles. The van der Waals surface area contributed by atoms with Gasteiger partial charge in [-0.2, -0.15) is 0 Å². The molecule has 3 saturated heterocycles. The lowest BCUT2D eigenvalue weighted by molar-refractivity contribution is -0.156. The van der Waals surface area contributed by atoms with Crippen LogP contribution < -0.4 is 0 Å². The number of carbonyl (C=O) groups excluding carboxylic acids is 3. The number of amides is 2. The van der Waals surface area contributed by atoms with Gasteiger partial charge in [0.25, 0.3) is 0 Å². The highest BCUT2D eigenvalue weighted by Gasteiger charge is 2.75. The summed E-state index contributed by atoms with van der Waals surface area (Å²) in [4.78, 5) is 44.4. The molecule has 3 aliphatic heterocycles. The number of fused-ring (bicyclic) bond motifs is 1. The summed E-state index contributed by atoms with van der Waals surface area (Å²) in [5.74, 6) is -2.29. The quantitative estimate of drug-likeness (QED) is 0.416. The van der Waals surface area contributed by atoms with E-state index in [0.29, 0.717) is 25.8 Å². The lowest BCUT2D eigenvalue weighted by Crippen LogP contribution is -2.60. The van der Waals surface area contributed by atoms with Crippen molar-refractivity contribution in [3.63, 3.8) is 0 Å². The second kappa shape index (κ2) is 9.74. The van der Waals surface area contributed by atoms with E-state index >= 15 is 0 Å². The van der Waals surface area contributed by atoms with E-state index < -0.39 is 41.6 Å². The normalized spacial score (nSPS) is 34.3. The predicted molar refractivity (Wildman–Crippen MR) is 121 cm³/mol. The van der Waals surface area contributed by atoms with Gasteiger partial charge in [0.1, 0.15) is 11.6 Å². The number of aliphatic hydroxyl groups excluding tert-OH is 1. The van der Waals surface area contributed by atoms with Crippen LogP contribution in [0.4, 0.5) is 0 Å². The summed E-state index contributed by atoms with van der Waals surface area (Å²) in [5, 5.41) is 10.1. The summed E-state index contributed by atoms with van der Waals surface area (Å²) < 4.78 is 11.7. The van der Waals surface area contributed by atoms with Gasteiger partial charge in [-0.25, -0.2) is 0 Å². The van der Waals surface area contributed by atoms with Crippen LogP contribution in [0.2, 0.25) is 0 Å². The first-order valence-electron chi connectivity index (χ1n) is 12.6. The van der Waals surface area contributed by atoms with E-state index in [1.165, 1.54) is 6.42 Å². The molecule has 8 heteroatoms. The number of carbonyl (C=O) groups is 3. The third kappa shape index (κ3) is 3.79. The highest BCUT2D eigenvalue weighted by Crippen LogP contribution is 2.59. The molecular weight excluding hydrogens is 424 g/mol. The highest BCUT2D eigenvalue weighted by atomic mass is 16.6. The van der Waals surface area contributed by atoms with Gasteiger partial charge in [-0.3, -0.25) is 14.4 Å². The van der Waals surface area contributed by atoms with Gasteiger partial charge in [0.05, 0.1) is 37.2 Å². The Morgan fingerprint density at radius 1 is 1.30 bits per heavy atom. The van der Waals surface area contributed by atoms with Crippen molar-refractivity contribution < 1.29 is 29.0 Å². The zero-order chi connectivity index (χ0) is 23.8. The van der Waals surface area contributed by atoms with Crippen molar-refractivity contribution in [2.45, 2.75) is 95.0 Å². The summed E-state index contributed by atoms with van der Waals surface area (Å²) >= 11 is 0. The summed E-state index contributed by atoms with van der Waals surface area (Å²) in [6.45, 7) is 7.89. The predicted octanol–water partition coefficient (Wildman–Crippen LogP) is 2.04. The SMILES string of the molecule is C=CCN(C(=O)[C@H]1N([C@@H](CC)CO)C(=O)[C@@H]2[C@@H](C(=O)OCC)[C@H]3CC[C@]21O3)C1CCCCC1. The number of ether oxygens (including phenoxy) is 2. The van der Waals surface area contributed by atoms with Gasteiger partial charge in [0.2, 0.25) is 11.8 Å². The fraction of sp³-hybridized carbons (Fsp3) is 0.800. The van der Waals surface area contributed by atoms with Crippen LogP contribution in [0.1, 0.15) is 65.2 Å². The molecule has 1 spiro atoms. The smallest absolute Gasteiger partial charge is 0.312 e. The first-order valence-corrected chi connectivity index (χ1v) is 12.6. The van der Waals surface area contributed by atoms with Crippen molar-refractivity contribution in [1.82, 2.24) is 9.80 Å². The fourth-order valence-electron chi connectivity index (χ4n) is 6.79. The van der Waals surface area contributed by atoms with Crippen LogP contribution in [0, 0.1) is 11.8 Å². The number of nitrogens with zero attached hydrogens (tertiary/aromatic N) is 2. The fourth-order valence-corrected chi connectivity index (χ4v) is 6.79.